The Balaban J connectivity index is 1.82. The van der Waals surface area contributed by atoms with Gasteiger partial charge in [0.2, 0.25) is 0 Å². The number of aliphatic imine (C=N–C) groups is 1. The molecule has 2 rings (SSSR count). The number of likely N-dealkylation sites (N-methyl/N-ethyl adjacent to an activating group) is 1. The van der Waals surface area contributed by atoms with Gasteiger partial charge in [-0.05, 0) is 51.9 Å². The molecule has 0 aliphatic carbocycles. The zero-order chi connectivity index (χ0) is 22.7. The number of aryl methyl sites for hydroxylation is 1. The number of halogens is 3. The summed E-state index contributed by atoms with van der Waals surface area (Å²) in [6.07, 6.45) is -2.23. The van der Waals surface area contributed by atoms with Crippen molar-refractivity contribution in [2.45, 2.75) is 39.4 Å². The number of rotatable bonds is 10. The number of unbranched alkanes of at least 4 members (excludes halogenated alkanes) is 1. The van der Waals surface area contributed by atoms with Gasteiger partial charge in [-0.1, -0.05) is 12.1 Å². The Bertz CT molecular complexity index is 688. The molecule has 1 aromatic rings. The van der Waals surface area contributed by atoms with Gasteiger partial charge in [0.1, 0.15) is 5.75 Å². The summed E-state index contributed by atoms with van der Waals surface area (Å²) in [5.74, 6) is 0.883. The van der Waals surface area contributed by atoms with E-state index in [0.29, 0.717) is 18.1 Å². The van der Waals surface area contributed by atoms with Crippen molar-refractivity contribution in [2.24, 2.45) is 4.99 Å². The molecule has 2 N–H and O–H groups in total. The van der Waals surface area contributed by atoms with E-state index in [-0.39, 0.29) is 12.3 Å². The monoisotopic (exact) mass is 443 g/mol. The Morgan fingerprint density at radius 3 is 2.55 bits per heavy atom. The number of alkyl halides is 3. The maximum atomic E-state index is 12.5. The number of piperazine rings is 1. The van der Waals surface area contributed by atoms with Crippen LogP contribution in [-0.4, -0.2) is 81.4 Å². The first-order valence-electron chi connectivity index (χ1n) is 11.0. The van der Waals surface area contributed by atoms with Crippen LogP contribution >= 0.6 is 0 Å². The molecule has 1 heterocycles. The van der Waals surface area contributed by atoms with Gasteiger partial charge in [0, 0.05) is 44.8 Å². The van der Waals surface area contributed by atoms with Crippen molar-refractivity contribution in [1.29, 1.82) is 0 Å². The summed E-state index contributed by atoms with van der Waals surface area (Å²) in [5, 5.41) is 6.50. The zero-order valence-electron chi connectivity index (χ0n) is 18.9. The lowest BCUT2D eigenvalue weighted by Crippen LogP contribution is -2.44. The summed E-state index contributed by atoms with van der Waals surface area (Å²) >= 11 is 0. The van der Waals surface area contributed by atoms with Gasteiger partial charge in [0.05, 0.1) is 6.54 Å². The second kappa shape index (κ2) is 12.8. The van der Waals surface area contributed by atoms with Crippen LogP contribution in [0.25, 0.3) is 0 Å². The van der Waals surface area contributed by atoms with Crippen molar-refractivity contribution < 1.29 is 17.9 Å². The smallest absolute Gasteiger partial charge is 0.422 e. The van der Waals surface area contributed by atoms with Gasteiger partial charge in [-0.2, -0.15) is 13.2 Å². The first-order chi connectivity index (χ1) is 14.8. The predicted octanol–water partition coefficient (Wildman–Crippen LogP) is 3.02. The van der Waals surface area contributed by atoms with Crippen LogP contribution in [0.1, 0.15) is 30.9 Å². The lowest BCUT2D eigenvalue weighted by atomic mass is 10.1. The maximum Gasteiger partial charge on any atom is 0.422 e. The molecule has 1 aliphatic rings. The summed E-state index contributed by atoms with van der Waals surface area (Å²) < 4.78 is 42.7. The van der Waals surface area contributed by atoms with Gasteiger partial charge < -0.3 is 25.2 Å². The zero-order valence-corrected chi connectivity index (χ0v) is 18.9. The van der Waals surface area contributed by atoms with Gasteiger partial charge in [-0.3, -0.25) is 0 Å². The van der Waals surface area contributed by atoms with E-state index in [1.54, 1.807) is 12.1 Å². The molecule has 0 saturated carbocycles. The average Bonchev–Trinajstić information content (AvgIpc) is 2.72. The van der Waals surface area contributed by atoms with Crippen molar-refractivity contribution in [3.05, 3.63) is 29.3 Å². The standard InChI is InChI=1S/C22H36F3N5O/c1-4-26-21(27-9-5-6-10-30-13-11-29(3)12-14-30)28-16-19-8-7-18(2)15-20(19)31-17-22(23,24)25/h7-8,15H,4-6,9-14,16-17H2,1-3H3,(H2,26,27,28). The van der Waals surface area contributed by atoms with E-state index >= 15 is 0 Å². The molecule has 0 bridgehead atoms. The highest BCUT2D eigenvalue weighted by Gasteiger charge is 2.28. The molecule has 0 spiro atoms. The van der Waals surface area contributed by atoms with Crippen molar-refractivity contribution >= 4 is 5.96 Å². The van der Waals surface area contributed by atoms with Crippen LogP contribution in [0.4, 0.5) is 13.2 Å². The van der Waals surface area contributed by atoms with Gasteiger partial charge in [-0.25, -0.2) is 4.99 Å². The summed E-state index contributed by atoms with van der Waals surface area (Å²) in [4.78, 5) is 9.38. The number of benzene rings is 1. The molecule has 0 radical (unpaired) electrons. The van der Waals surface area contributed by atoms with Crippen LogP contribution in [0.3, 0.4) is 0 Å². The number of nitrogens with zero attached hydrogens (tertiary/aromatic N) is 3. The molecule has 1 saturated heterocycles. The highest BCUT2D eigenvalue weighted by molar-refractivity contribution is 5.79. The molecule has 0 unspecified atom stereocenters. The Morgan fingerprint density at radius 2 is 1.87 bits per heavy atom. The molecule has 1 aromatic carbocycles. The molecular formula is C22H36F3N5O. The number of nitrogens with one attached hydrogen (secondary N) is 2. The second-order valence-corrected chi connectivity index (χ2v) is 7.99. The van der Waals surface area contributed by atoms with Crippen LogP contribution in [0.15, 0.2) is 23.2 Å². The molecule has 0 atom stereocenters. The molecular weight excluding hydrogens is 407 g/mol. The fourth-order valence-electron chi connectivity index (χ4n) is 3.33. The Morgan fingerprint density at radius 1 is 1.13 bits per heavy atom. The number of hydrogen-bond donors (Lipinski definition) is 2. The summed E-state index contributed by atoms with van der Waals surface area (Å²) in [6.45, 7) is 9.85. The lowest BCUT2D eigenvalue weighted by Gasteiger charge is -2.32. The van der Waals surface area contributed by atoms with Gasteiger partial charge >= 0.3 is 6.18 Å². The van der Waals surface area contributed by atoms with Crippen LogP contribution in [0.5, 0.6) is 5.75 Å². The Labute approximate surface area is 183 Å². The van der Waals surface area contributed by atoms with E-state index in [4.69, 9.17) is 4.74 Å². The van der Waals surface area contributed by atoms with E-state index in [9.17, 15) is 13.2 Å². The first-order valence-corrected chi connectivity index (χ1v) is 11.0. The number of hydrogen-bond acceptors (Lipinski definition) is 4. The summed E-state index contributed by atoms with van der Waals surface area (Å²) in [6, 6.07) is 5.24. The van der Waals surface area contributed by atoms with Crippen LogP contribution in [0.2, 0.25) is 0 Å². The molecule has 176 valence electrons. The quantitative estimate of drug-likeness (QED) is 0.331. The van der Waals surface area contributed by atoms with E-state index in [2.05, 4.69) is 32.5 Å². The minimum absolute atomic E-state index is 0.226. The third kappa shape index (κ3) is 10.2. The highest BCUT2D eigenvalue weighted by atomic mass is 19.4. The summed E-state index contributed by atoms with van der Waals surface area (Å²) in [5.41, 5.74) is 1.47. The predicted molar refractivity (Wildman–Crippen MR) is 119 cm³/mol. The third-order valence-corrected chi connectivity index (χ3v) is 5.16. The fraction of sp³-hybridized carbons (Fsp3) is 0.682. The second-order valence-electron chi connectivity index (χ2n) is 7.99. The van der Waals surface area contributed by atoms with Gasteiger partial charge in [0.15, 0.2) is 12.6 Å². The van der Waals surface area contributed by atoms with Crippen molar-refractivity contribution in [1.82, 2.24) is 20.4 Å². The number of ether oxygens (including phenoxy) is 1. The topological polar surface area (TPSA) is 52.1 Å². The highest BCUT2D eigenvalue weighted by Crippen LogP contribution is 2.24. The fourth-order valence-corrected chi connectivity index (χ4v) is 3.33. The molecule has 1 aliphatic heterocycles. The number of guanidine groups is 1. The van der Waals surface area contributed by atoms with Crippen LogP contribution < -0.4 is 15.4 Å². The third-order valence-electron chi connectivity index (χ3n) is 5.16. The molecule has 31 heavy (non-hydrogen) atoms. The van der Waals surface area contributed by atoms with Crippen molar-refractivity contribution in [2.75, 3.05) is 59.5 Å². The van der Waals surface area contributed by atoms with E-state index in [1.807, 2.05) is 19.9 Å². The maximum absolute atomic E-state index is 12.5. The summed E-state index contributed by atoms with van der Waals surface area (Å²) in [7, 11) is 2.16. The van der Waals surface area contributed by atoms with Crippen molar-refractivity contribution in [3.8, 4) is 5.75 Å². The van der Waals surface area contributed by atoms with E-state index in [1.165, 1.54) is 0 Å². The molecule has 0 amide bonds. The average molecular weight is 444 g/mol. The first kappa shape index (κ1) is 25.3. The van der Waals surface area contributed by atoms with Crippen LogP contribution in [0, 0.1) is 6.92 Å². The lowest BCUT2D eigenvalue weighted by molar-refractivity contribution is -0.153. The van der Waals surface area contributed by atoms with Crippen molar-refractivity contribution in [3.63, 3.8) is 0 Å². The normalized spacial score (nSPS) is 16.4. The minimum atomic E-state index is -4.37. The Hall–Kier alpha value is -2.00. The molecule has 1 fully saturated rings. The van der Waals surface area contributed by atoms with E-state index in [0.717, 1.165) is 57.7 Å². The van der Waals surface area contributed by atoms with Gasteiger partial charge in [-0.15, -0.1) is 0 Å². The largest absolute Gasteiger partial charge is 0.484 e. The Kier molecular flexibility index (Phi) is 10.4. The van der Waals surface area contributed by atoms with Gasteiger partial charge in [0.25, 0.3) is 0 Å². The van der Waals surface area contributed by atoms with E-state index < -0.39 is 12.8 Å². The molecule has 6 nitrogen and oxygen atoms in total. The molecule has 9 heteroatoms. The minimum Gasteiger partial charge on any atom is -0.484 e. The molecule has 0 aromatic heterocycles. The SMILES string of the molecule is CCNC(=NCc1ccc(C)cc1OCC(F)(F)F)NCCCCN1CCN(C)CC1. The van der Waals surface area contributed by atoms with Crippen LogP contribution in [-0.2, 0) is 6.54 Å².